The van der Waals surface area contributed by atoms with Crippen LogP contribution in [0.5, 0.6) is 0 Å². The maximum absolute atomic E-state index is 12.7. The molecule has 0 aliphatic carbocycles. The van der Waals surface area contributed by atoms with Crippen LogP contribution in [0.25, 0.3) is 0 Å². The minimum absolute atomic E-state index is 0.229. The minimum atomic E-state index is -4.32. The van der Waals surface area contributed by atoms with Crippen molar-refractivity contribution in [1.82, 2.24) is 10.3 Å². The molecule has 0 aliphatic rings. The van der Waals surface area contributed by atoms with E-state index in [0.29, 0.717) is 5.56 Å². The summed E-state index contributed by atoms with van der Waals surface area (Å²) >= 11 is 0. The van der Waals surface area contributed by atoms with Gasteiger partial charge in [0.2, 0.25) is 0 Å². The van der Waals surface area contributed by atoms with Gasteiger partial charge in [0.05, 0.1) is 17.3 Å². The van der Waals surface area contributed by atoms with Crippen molar-refractivity contribution in [2.24, 2.45) is 0 Å². The van der Waals surface area contributed by atoms with Gasteiger partial charge in [-0.15, -0.1) is 0 Å². The zero-order chi connectivity index (χ0) is 15.6. The summed E-state index contributed by atoms with van der Waals surface area (Å²) < 4.78 is 38.2. The second kappa shape index (κ2) is 5.85. The summed E-state index contributed by atoms with van der Waals surface area (Å²) in [5.74, 6) is 0. The number of aromatic nitrogens is 1. The Morgan fingerprint density at radius 1 is 1.10 bits per heavy atom. The fourth-order valence-electron chi connectivity index (χ4n) is 2.36. The van der Waals surface area contributed by atoms with Crippen LogP contribution in [0.2, 0.25) is 0 Å². The topological polar surface area (TPSA) is 24.9 Å². The Morgan fingerprint density at radius 3 is 2.33 bits per heavy atom. The van der Waals surface area contributed by atoms with E-state index in [4.69, 9.17) is 0 Å². The van der Waals surface area contributed by atoms with E-state index in [0.717, 1.165) is 23.0 Å². The van der Waals surface area contributed by atoms with Gasteiger partial charge in [-0.25, -0.2) is 0 Å². The van der Waals surface area contributed by atoms with Gasteiger partial charge in [-0.2, -0.15) is 13.2 Å². The zero-order valence-electron chi connectivity index (χ0n) is 12.1. The average molecular weight is 294 g/mol. The van der Waals surface area contributed by atoms with Crippen molar-refractivity contribution in [3.8, 4) is 0 Å². The first-order valence-electron chi connectivity index (χ1n) is 6.61. The minimum Gasteiger partial charge on any atom is -0.308 e. The number of alkyl halides is 3. The van der Waals surface area contributed by atoms with Crippen molar-refractivity contribution >= 4 is 0 Å². The molecule has 2 nitrogen and oxygen atoms in total. The van der Waals surface area contributed by atoms with Gasteiger partial charge in [-0.1, -0.05) is 12.1 Å². The Kier molecular flexibility index (Phi) is 4.32. The van der Waals surface area contributed by atoms with E-state index < -0.39 is 11.7 Å². The number of aryl methyl sites for hydroxylation is 2. The van der Waals surface area contributed by atoms with Crippen LogP contribution in [0.3, 0.4) is 0 Å². The summed E-state index contributed by atoms with van der Waals surface area (Å²) in [6.07, 6.45) is -4.32. The summed E-state index contributed by atoms with van der Waals surface area (Å²) in [6.45, 7) is 3.57. The molecule has 0 saturated carbocycles. The maximum Gasteiger partial charge on any atom is 0.416 e. The highest BCUT2D eigenvalue weighted by molar-refractivity contribution is 5.38. The van der Waals surface area contributed by atoms with Gasteiger partial charge in [-0.05, 0) is 56.3 Å². The van der Waals surface area contributed by atoms with Crippen LogP contribution in [0.15, 0.2) is 36.4 Å². The number of pyridine rings is 1. The number of hydrogen-bond acceptors (Lipinski definition) is 2. The van der Waals surface area contributed by atoms with Gasteiger partial charge in [0, 0.05) is 5.69 Å². The molecule has 5 heteroatoms. The van der Waals surface area contributed by atoms with E-state index in [9.17, 15) is 13.2 Å². The molecular formula is C16H17F3N2. The molecule has 21 heavy (non-hydrogen) atoms. The SMILES string of the molecule is CNC(c1cccc(C)n1)c1ccc(C(F)(F)F)cc1C. The van der Waals surface area contributed by atoms with E-state index in [-0.39, 0.29) is 6.04 Å². The highest BCUT2D eigenvalue weighted by atomic mass is 19.4. The van der Waals surface area contributed by atoms with Gasteiger partial charge in [0.1, 0.15) is 0 Å². The molecule has 0 bridgehead atoms. The number of benzene rings is 1. The predicted molar refractivity (Wildman–Crippen MR) is 76.1 cm³/mol. The third-order valence-electron chi connectivity index (χ3n) is 3.40. The van der Waals surface area contributed by atoms with E-state index in [1.165, 1.54) is 12.1 Å². The van der Waals surface area contributed by atoms with E-state index in [2.05, 4.69) is 10.3 Å². The summed E-state index contributed by atoms with van der Waals surface area (Å²) in [4.78, 5) is 4.45. The molecule has 1 aromatic carbocycles. The van der Waals surface area contributed by atoms with Crippen LogP contribution >= 0.6 is 0 Å². The van der Waals surface area contributed by atoms with Crippen molar-refractivity contribution in [3.05, 3.63) is 64.5 Å². The lowest BCUT2D eigenvalue weighted by molar-refractivity contribution is -0.137. The zero-order valence-corrected chi connectivity index (χ0v) is 12.1. The molecule has 1 heterocycles. The Bertz CT molecular complexity index is 636. The third-order valence-corrected chi connectivity index (χ3v) is 3.40. The smallest absolute Gasteiger partial charge is 0.308 e. The normalized spacial score (nSPS) is 13.2. The number of nitrogens with zero attached hydrogens (tertiary/aromatic N) is 1. The molecule has 1 atom stereocenters. The van der Waals surface area contributed by atoms with Gasteiger partial charge < -0.3 is 5.32 Å². The summed E-state index contributed by atoms with van der Waals surface area (Å²) in [7, 11) is 1.77. The molecule has 112 valence electrons. The Morgan fingerprint density at radius 2 is 1.81 bits per heavy atom. The molecule has 1 N–H and O–H groups in total. The van der Waals surface area contributed by atoms with Gasteiger partial charge in [0.15, 0.2) is 0 Å². The largest absolute Gasteiger partial charge is 0.416 e. The molecule has 0 amide bonds. The summed E-state index contributed by atoms with van der Waals surface area (Å²) in [5, 5.41) is 3.12. The first-order valence-corrected chi connectivity index (χ1v) is 6.61. The molecule has 0 spiro atoms. The van der Waals surface area contributed by atoms with Crippen LogP contribution in [0.1, 0.15) is 34.1 Å². The van der Waals surface area contributed by atoms with Crippen molar-refractivity contribution < 1.29 is 13.2 Å². The highest BCUT2D eigenvalue weighted by Gasteiger charge is 2.31. The Labute approximate surface area is 122 Å². The second-order valence-corrected chi connectivity index (χ2v) is 4.99. The molecular weight excluding hydrogens is 277 g/mol. The van der Waals surface area contributed by atoms with Crippen molar-refractivity contribution in [2.75, 3.05) is 7.05 Å². The average Bonchev–Trinajstić information content (AvgIpc) is 2.40. The fraction of sp³-hybridized carbons (Fsp3) is 0.312. The maximum atomic E-state index is 12.7. The molecule has 2 rings (SSSR count). The fourth-order valence-corrected chi connectivity index (χ4v) is 2.36. The van der Waals surface area contributed by atoms with Crippen molar-refractivity contribution in [1.29, 1.82) is 0 Å². The molecule has 1 unspecified atom stereocenters. The van der Waals surface area contributed by atoms with E-state index >= 15 is 0 Å². The monoisotopic (exact) mass is 294 g/mol. The second-order valence-electron chi connectivity index (χ2n) is 4.99. The van der Waals surface area contributed by atoms with Crippen LogP contribution < -0.4 is 5.32 Å². The van der Waals surface area contributed by atoms with Gasteiger partial charge in [-0.3, -0.25) is 4.98 Å². The molecule has 0 aliphatic heterocycles. The molecule has 0 radical (unpaired) electrons. The van der Waals surface area contributed by atoms with Crippen LogP contribution in [0.4, 0.5) is 13.2 Å². The van der Waals surface area contributed by atoms with Gasteiger partial charge >= 0.3 is 6.18 Å². The first kappa shape index (κ1) is 15.5. The molecule has 0 fully saturated rings. The summed E-state index contributed by atoms with van der Waals surface area (Å²) in [6, 6.07) is 9.22. The Balaban J connectivity index is 2.44. The lowest BCUT2D eigenvalue weighted by Crippen LogP contribution is -2.20. The first-order chi connectivity index (χ1) is 9.82. The van der Waals surface area contributed by atoms with E-state index in [1.54, 1.807) is 14.0 Å². The lowest BCUT2D eigenvalue weighted by atomic mass is 9.96. The standard InChI is InChI=1S/C16H17F3N2/c1-10-9-12(16(17,18)19)7-8-13(10)15(20-3)14-6-4-5-11(2)21-14/h4-9,15,20H,1-3H3. The van der Waals surface area contributed by atoms with Gasteiger partial charge in [0.25, 0.3) is 0 Å². The highest BCUT2D eigenvalue weighted by Crippen LogP contribution is 2.32. The van der Waals surface area contributed by atoms with Crippen LogP contribution in [0, 0.1) is 13.8 Å². The molecule has 0 saturated heterocycles. The Hall–Kier alpha value is -1.88. The molecule has 1 aromatic heterocycles. The number of halogens is 3. The van der Waals surface area contributed by atoms with Crippen LogP contribution in [-0.2, 0) is 6.18 Å². The van der Waals surface area contributed by atoms with E-state index in [1.807, 2.05) is 25.1 Å². The van der Waals surface area contributed by atoms with Crippen molar-refractivity contribution in [3.63, 3.8) is 0 Å². The summed E-state index contributed by atoms with van der Waals surface area (Å²) in [5.41, 5.74) is 2.42. The lowest BCUT2D eigenvalue weighted by Gasteiger charge is -2.20. The quantitative estimate of drug-likeness (QED) is 0.924. The third kappa shape index (κ3) is 3.42. The predicted octanol–water partition coefficient (Wildman–Crippen LogP) is 4.03. The number of rotatable bonds is 3. The van der Waals surface area contributed by atoms with Crippen LogP contribution in [-0.4, -0.2) is 12.0 Å². The number of hydrogen-bond donors (Lipinski definition) is 1. The molecule has 2 aromatic rings. The number of nitrogens with one attached hydrogen (secondary N) is 1. The van der Waals surface area contributed by atoms with Crippen molar-refractivity contribution in [2.45, 2.75) is 26.1 Å².